The molecule has 3 aromatic carbocycles. The van der Waals surface area contributed by atoms with Crippen LogP contribution in [0.2, 0.25) is 0 Å². The van der Waals surface area contributed by atoms with Crippen LogP contribution in [-0.4, -0.2) is 20.3 Å². The van der Waals surface area contributed by atoms with E-state index in [1.54, 1.807) is 18.2 Å². The molecule has 0 spiro atoms. The molecule has 0 saturated heterocycles. The minimum absolute atomic E-state index is 0.0843. The average Bonchev–Trinajstić information content (AvgIpc) is 2.77. The Morgan fingerprint density at radius 1 is 0.800 bits per heavy atom. The zero-order chi connectivity index (χ0) is 21.5. The Morgan fingerprint density at radius 3 is 2.03 bits per heavy atom. The van der Waals surface area contributed by atoms with E-state index in [0.29, 0.717) is 5.56 Å². The van der Waals surface area contributed by atoms with Gasteiger partial charge in [-0.3, -0.25) is 0 Å². The zero-order valence-electron chi connectivity index (χ0n) is 16.5. The van der Waals surface area contributed by atoms with Crippen molar-refractivity contribution in [2.24, 2.45) is 0 Å². The minimum Gasteiger partial charge on any atom is -0.488 e. The Hall–Kier alpha value is -3.25. The maximum atomic E-state index is 14.5. The third kappa shape index (κ3) is 5.02. The van der Waals surface area contributed by atoms with Crippen molar-refractivity contribution >= 4 is 6.08 Å². The molecule has 6 heteroatoms. The van der Waals surface area contributed by atoms with E-state index in [2.05, 4.69) is 6.58 Å². The summed E-state index contributed by atoms with van der Waals surface area (Å²) < 4.78 is 58.0. The van der Waals surface area contributed by atoms with Gasteiger partial charge >= 0.3 is 0 Å². The fourth-order valence-corrected chi connectivity index (χ4v) is 2.78. The summed E-state index contributed by atoms with van der Waals surface area (Å²) in [6, 6.07) is 14.7. The zero-order valence-corrected chi connectivity index (χ0v) is 16.5. The van der Waals surface area contributed by atoms with Crippen LogP contribution in [0.25, 0.3) is 17.2 Å². The van der Waals surface area contributed by atoms with Crippen LogP contribution in [0.15, 0.2) is 61.2 Å². The third-order valence-corrected chi connectivity index (χ3v) is 4.47. The smallest absolute Gasteiger partial charge is 0.204 e. The maximum Gasteiger partial charge on any atom is 0.204 e. The number of methoxy groups -OCH3 is 1. The van der Waals surface area contributed by atoms with Gasteiger partial charge in [-0.1, -0.05) is 49.1 Å². The number of hydrogen-bond acceptors (Lipinski definition) is 3. The summed E-state index contributed by atoms with van der Waals surface area (Å²) in [5.41, 5.74) is 2.74. The van der Waals surface area contributed by atoms with Crippen molar-refractivity contribution in [1.82, 2.24) is 0 Å². The first-order chi connectivity index (χ1) is 14.5. The highest BCUT2D eigenvalue weighted by molar-refractivity contribution is 5.65. The van der Waals surface area contributed by atoms with Crippen molar-refractivity contribution in [2.45, 2.75) is 6.61 Å². The highest BCUT2D eigenvalue weighted by atomic mass is 19.2. The molecule has 0 aliphatic rings. The molecular formula is C24H21F3O3. The van der Waals surface area contributed by atoms with Gasteiger partial charge in [-0.15, -0.1) is 0 Å². The summed E-state index contributed by atoms with van der Waals surface area (Å²) in [6.45, 7) is 3.78. The van der Waals surface area contributed by atoms with Crippen LogP contribution < -0.4 is 9.47 Å². The molecule has 3 nitrogen and oxygen atoms in total. The summed E-state index contributed by atoms with van der Waals surface area (Å²) in [4.78, 5) is 0. The molecule has 30 heavy (non-hydrogen) atoms. The first-order valence-corrected chi connectivity index (χ1v) is 9.27. The van der Waals surface area contributed by atoms with Gasteiger partial charge in [0.2, 0.25) is 11.6 Å². The van der Waals surface area contributed by atoms with Crippen molar-refractivity contribution in [2.75, 3.05) is 20.3 Å². The van der Waals surface area contributed by atoms with E-state index in [-0.39, 0.29) is 36.9 Å². The van der Waals surface area contributed by atoms with Gasteiger partial charge in [0.15, 0.2) is 11.5 Å². The van der Waals surface area contributed by atoms with E-state index in [9.17, 15) is 13.2 Å². The molecule has 0 aliphatic heterocycles. The van der Waals surface area contributed by atoms with Crippen LogP contribution in [0.1, 0.15) is 11.1 Å². The number of hydrogen-bond donors (Lipinski definition) is 0. The van der Waals surface area contributed by atoms with E-state index in [0.717, 1.165) is 11.1 Å². The largest absolute Gasteiger partial charge is 0.488 e. The molecule has 0 aromatic heterocycles. The van der Waals surface area contributed by atoms with Gasteiger partial charge in [-0.2, -0.15) is 8.78 Å². The molecule has 3 rings (SSSR count). The van der Waals surface area contributed by atoms with Crippen LogP contribution in [0.4, 0.5) is 13.2 Å². The Kier molecular flexibility index (Phi) is 7.14. The van der Waals surface area contributed by atoms with Gasteiger partial charge in [0, 0.05) is 12.7 Å². The second-order valence-corrected chi connectivity index (χ2v) is 6.45. The lowest BCUT2D eigenvalue weighted by molar-refractivity contribution is 0.143. The summed E-state index contributed by atoms with van der Waals surface area (Å²) in [6.07, 6.45) is 1.73. The van der Waals surface area contributed by atoms with Gasteiger partial charge in [-0.25, -0.2) is 4.39 Å². The van der Waals surface area contributed by atoms with Crippen LogP contribution >= 0.6 is 0 Å². The molecule has 0 saturated carbocycles. The second kappa shape index (κ2) is 9.98. The van der Waals surface area contributed by atoms with Crippen molar-refractivity contribution in [3.05, 3.63) is 89.8 Å². The topological polar surface area (TPSA) is 27.7 Å². The number of rotatable bonds is 9. The van der Waals surface area contributed by atoms with E-state index in [1.165, 1.54) is 25.3 Å². The first-order valence-electron chi connectivity index (χ1n) is 9.27. The Labute approximate surface area is 173 Å². The third-order valence-electron chi connectivity index (χ3n) is 4.47. The summed E-state index contributed by atoms with van der Waals surface area (Å²) in [5.74, 6) is -3.42. The Bertz CT molecular complexity index is 1020. The SMILES string of the molecule is C=Cc1ccc(-c2ccc(COc3ccc(OCCOC)c(F)c3F)c(F)c2)cc1. The minimum atomic E-state index is -1.19. The summed E-state index contributed by atoms with van der Waals surface area (Å²) >= 11 is 0. The van der Waals surface area contributed by atoms with Gasteiger partial charge < -0.3 is 14.2 Å². The van der Waals surface area contributed by atoms with E-state index >= 15 is 0 Å². The van der Waals surface area contributed by atoms with Crippen LogP contribution in [-0.2, 0) is 11.3 Å². The highest BCUT2D eigenvalue weighted by Gasteiger charge is 2.16. The molecule has 0 radical (unpaired) electrons. The Morgan fingerprint density at radius 2 is 1.43 bits per heavy atom. The molecule has 0 fully saturated rings. The van der Waals surface area contributed by atoms with Crippen molar-refractivity contribution in [3.8, 4) is 22.6 Å². The summed E-state index contributed by atoms with van der Waals surface area (Å²) in [5, 5.41) is 0. The number of halogens is 3. The van der Waals surface area contributed by atoms with E-state index in [1.807, 2.05) is 24.3 Å². The van der Waals surface area contributed by atoms with Crippen LogP contribution in [0.3, 0.4) is 0 Å². The van der Waals surface area contributed by atoms with Crippen molar-refractivity contribution in [3.63, 3.8) is 0 Å². The monoisotopic (exact) mass is 414 g/mol. The lowest BCUT2D eigenvalue weighted by atomic mass is 10.0. The normalized spacial score (nSPS) is 10.7. The van der Waals surface area contributed by atoms with Crippen LogP contribution in [0, 0.1) is 17.5 Å². The maximum absolute atomic E-state index is 14.5. The molecule has 0 heterocycles. The molecule has 0 N–H and O–H groups in total. The van der Waals surface area contributed by atoms with Crippen molar-refractivity contribution < 1.29 is 27.4 Å². The molecular weight excluding hydrogens is 393 g/mol. The van der Waals surface area contributed by atoms with Gasteiger partial charge in [0.25, 0.3) is 0 Å². The quantitative estimate of drug-likeness (QED) is 0.401. The predicted molar refractivity (Wildman–Crippen MR) is 110 cm³/mol. The average molecular weight is 414 g/mol. The van der Waals surface area contributed by atoms with Gasteiger partial charge in [0.1, 0.15) is 19.0 Å². The molecule has 0 amide bonds. The van der Waals surface area contributed by atoms with E-state index < -0.39 is 17.5 Å². The Balaban J connectivity index is 1.69. The van der Waals surface area contributed by atoms with Gasteiger partial charge in [-0.05, 0) is 34.9 Å². The fourth-order valence-electron chi connectivity index (χ4n) is 2.78. The highest BCUT2D eigenvalue weighted by Crippen LogP contribution is 2.29. The van der Waals surface area contributed by atoms with E-state index in [4.69, 9.17) is 14.2 Å². The van der Waals surface area contributed by atoms with Crippen molar-refractivity contribution in [1.29, 1.82) is 0 Å². The van der Waals surface area contributed by atoms with Gasteiger partial charge in [0.05, 0.1) is 6.61 Å². The first kappa shape index (κ1) is 21.5. The molecule has 0 unspecified atom stereocenters. The second-order valence-electron chi connectivity index (χ2n) is 6.45. The van der Waals surface area contributed by atoms with Crippen LogP contribution in [0.5, 0.6) is 11.5 Å². The predicted octanol–water partition coefficient (Wildman–Crippen LogP) is 6.02. The molecule has 3 aromatic rings. The summed E-state index contributed by atoms with van der Waals surface area (Å²) in [7, 11) is 1.47. The lowest BCUT2D eigenvalue weighted by Crippen LogP contribution is -2.07. The molecule has 0 bridgehead atoms. The standard InChI is InChI=1S/C24H21F3O3/c1-3-16-4-6-17(7-5-16)18-8-9-19(20(25)14-18)15-30-22-11-10-21(23(26)24(22)27)29-13-12-28-2/h3-11,14H,1,12-13,15H2,2H3. The number of ether oxygens (including phenoxy) is 3. The molecule has 0 atom stereocenters. The molecule has 0 aliphatic carbocycles. The lowest BCUT2D eigenvalue weighted by Gasteiger charge is -2.12. The fraction of sp³-hybridized carbons (Fsp3) is 0.167. The molecule has 156 valence electrons. The number of benzene rings is 3.